The normalized spacial score (nSPS) is 15.6. The van der Waals surface area contributed by atoms with Gasteiger partial charge in [0.2, 0.25) is 0 Å². The summed E-state index contributed by atoms with van der Waals surface area (Å²) in [5.74, 6) is 0. The third-order valence-corrected chi connectivity index (χ3v) is 6.62. The van der Waals surface area contributed by atoms with E-state index in [-0.39, 0.29) is 12.1 Å². The van der Waals surface area contributed by atoms with Gasteiger partial charge in [0.05, 0.1) is 6.04 Å². The van der Waals surface area contributed by atoms with Gasteiger partial charge in [-0.2, -0.15) is 0 Å². The average molecular weight is 444 g/mol. The molecule has 0 unspecified atom stereocenters. The molecule has 2 heterocycles. The Morgan fingerprint density at radius 1 is 1.12 bits per heavy atom. The fourth-order valence-electron chi connectivity index (χ4n) is 4.71. The molecule has 4 aromatic rings. The molecule has 0 radical (unpaired) electrons. The van der Waals surface area contributed by atoms with Crippen LogP contribution in [-0.2, 0) is 12.8 Å². The molecule has 0 bridgehead atoms. The standard InChI is InChI=1S/C27H26ClN3O/c1-3-18-6-4-5-7-23(18)30-27(32)31-15-14-21-22-16-20(28)12-13-24(22)29-25(21)26(31)19-10-8-17(2)9-11-19/h4-13,16,26,29H,3,14-15H2,1-2H3,(H,30,32)/t26-/m0/s1. The van der Waals surface area contributed by atoms with Crippen LogP contribution in [-0.4, -0.2) is 22.5 Å². The number of nitrogens with zero attached hydrogens (tertiary/aromatic N) is 1. The highest BCUT2D eigenvalue weighted by Gasteiger charge is 2.34. The Morgan fingerprint density at radius 2 is 1.91 bits per heavy atom. The van der Waals surface area contributed by atoms with Crippen LogP contribution >= 0.6 is 11.6 Å². The minimum absolute atomic E-state index is 0.0844. The molecule has 162 valence electrons. The van der Waals surface area contributed by atoms with Gasteiger partial charge in [-0.1, -0.05) is 66.6 Å². The van der Waals surface area contributed by atoms with E-state index in [4.69, 9.17) is 11.6 Å². The lowest BCUT2D eigenvalue weighted by Gasteiger charge is -2.36. The number of aromatic amines is 1. The molecule has 5 heteroatoms. The SMILES string of the molecule is CCc1ccccc1NC(=O)N1CCc2c([nH]c3ccc(Cl)cc23)[C@@H]1c1ccc(C)cc1. The predicted molar refractivity (Wildman–Crippen MR) is 132 cm³/mol. The third-order valence-electron chi connectivity index (χ3n) is 6.38. The third kappa shape index (κ3) is 3.65. The first-order chi connectivity index (χ1) is 15.5. The molecule has 32 heavy (non-hydrogen) atoms. The van der Waals surface area contributed by atoms with E-state index in [9.17, 15) is 4.79 Å². The van der Waals surface area contributed by atoms with Crippen LogP contribution in [0.2, 0.25) is 5.02 Å². The van der Waals surface area contributed by atoms with E-state index in [1.807, 2.05) is 41.3 Å². The number of hydrogen-bond donors (Lipinski definition) is 2. The van der Waals surface area contributed by atoms with E-state index >= 15 is 0 Å². The van der Waals surface area contributed by atoms with Crippen LogP contribution in [0.4, 0.5) is 10.5 Å². The average Bonchev–Trinajstić information content (AvgIpc) is 3.17. The molecular formula is C27H26ClN3O. The molecule has 0 spiro atoms. The highest BCUT2D eigenvalue weighted by Crippen LogP contribution is 2.39. The van der Waals surface area contributed by atoms with Crippen LogP contribution in [0.1, 0.15) is 40.9 Å². The Hall–Kier alpha value is -3.24. The van der Waals surface area contributed by atoms with Crippen molar-refractivity contribution in [1.82, 2.24) is 9.88 Å². The number of carbonyl (C=O) groups is 1. The van der Waals surface area contributed by atoms with Gasteiger partial charge in [-0.05, 0) is 60.7 Å². The van der Waals surface area contributed by atoms with Crippen LogP contribution < -0.4 is 5.32 Å². The smallest absolute Gasteiger partial charge is 0.322 e. The summed E-state index contributed by atoms with van der Waals surface area (Å²) in [6.45, 7) is 4.81. The monoisotopic (exact) mass is 443 g/mol. The summed E-state index contributed by atoms with van der Waals surface area (Å²) in [5.41, 5.74) is 7.65. The summed E-state index contributed by atoms with van der Waals surface area (Å²) in [6, 6.07) is 22.1. The number of rotatable bonds is 3. The van der Waals surface area contributed by atoms with Crippen LogP contribution in [0.5, 0.6) is 0 Å². The number of aromatic nitrogens is 1. The number of anilines is 1. The van der Waals surface area contributed by atoms with E-state index in [1.54, 1.807) is 0 Å². The van der Waals surface area contributed by atoms with Gasteiger partial charge < -0.3 is 15.2 Å². The van der Waals surface area contributed by atoms with Gasteiger partial charge in [-0.25, -0.2) is 4.79 Å². The molecule has 0 saturated heterocycles. The first-order valence-corrected chi connectivity index (χ1v) is 11.4. The fourth-order valence-corrected chi connectivity index (χ4v) is 4.88. The number of aryl methyl sites for hydroxylation is 2. The van der Waals surface area contributed by atoms with E-state index in [0.717, 1.165) is 51.3 Å². The number of carbonyl (C=O) groups excluding carboxylic acids is 1. The molecule has 3 aromatic carbocycles. The second-order valence-electron chi connectivity index (χ2n) is 8.40. The summed E-state index contributed by atoms with van der Waals surface area (Å²) < 4.78 is 0. The van der Waals surface area contributed by atoms with Crippen molar-refractivity contribution >= 4 is 34.2 Å². The molecule has 2 N–H and O–H groups in total. The van der Waals surface area contributed by atoms with Gasteiger partial charge in [0, 0.05) is 33.9 Å². The Bertz CT molecular complexity index is 1290. The summed E-state index contributed by atoms with van der Waals surface area (Å²) in [4.78, 5) is 19.1. The molecule has 1 aliphatic heterocycles. The summed E-state index contributed by atoms with van der Waals surface area (Å²) in [7, 11) is 0. The summed E-state index contributed by atoms with van der Waals surface area (Å²) in [5, 5.41) is 5.03. The summed E-state index contributed by atoms with van der Waals surface area (Å²) >= 11 is 6.30. The number of amides is 2. The zero-order valence-electron chi connectivity index (χ0n) is 18.3. The first kappa shape index (κ1) is 20.7. The number of hydrogen-bond acceptors (Lipinski definition) is 1. The van der Waals surface area contributed by atoms with Gasteiger partial charge in [0.1, 0.15) is 0 Å². The van der Waals surface area contributed by atoms with Crippen molar-refractivity contribution in [3.05, 3.63) is 99.7 Å². The maximum Gasteiger partial charge on any atom is 0.322 e. The molecule has 5 rings (SSSR count). The predicted octanol–water partition coefficient (Wildman–Crippen LogP) is 6.87. The topological polar surface area (TPSA) is 48.1 Å². The van der Waals surface area contributed by atoms with Crippen molar-refractivity contribution in [2.75, 3.05) is 11.9 Å². The number of benzene rings is 3. The molecule has 0 aliphatic carbocycles. The van der Waals surface area contributed by atoms with Crippen LogP contribution in [0.25, 0.3) is 10.9 Å². The van der Waals surface area contributed by atoms with Crippen molar-refractivity contribution in [2.45, 2.75) is 32.7 Å². The largest absolute Gasteiger partial charge is 0.356 e. The van der Waals surface area contributed by atoms with Crippen molar-refractivity contribution in [3.63, 3.8) is 0 Å². The minimum atomic E-state index is -0.195. The first-order valence-electron chi connectivity index (χ1n) is 11.1. The number of urea groups is 1. The van der Waals surface area contributed by atoms with Crippen molar-refractivity contribution < 1.29 is 4.79 Å². The lowest BCUT2D eigenvalue weighted by atomic mass is 9.92. The molecule has 2 amide bonds. The van der Waals surface area contributed by atoms with Gasteiger partial charge in [0.15, 0.2) is 0 Å². The Balaban J connectivity index is 1.58. The molecular weight excluding hydrogens is 418 g/mol. The molecule has 1 atom stereocenters. The number of H-pyrrole nitrogens is 1. The Kier molecular flexibility index (Phi) is 5.40. The van der Waals surface area contributed by atoms with Crippen LogP contribution in [0.3, 0.4) is 0 Å². The molecule has 4 nitrogen and oxygen atoms in total. The van der Waals surface area contributed by atoms with Gasteiger partial charge in [0.25, 0.3) is 0 Å². The maximum atomic E-state index is 13.5. The van der Waals surface area contributed by atoms with E-state index in [1.165, 1.54) is 11.1 Å². The maximum absolute atomic E-state index is 13.5. The number of para-hydroxylation sites is 1. The van der Waals surface area contributed by atoms with Crippen molar-refractivity contribution in [1.29, 1.82) is 0 Å². The second-order valence-corrected chi connectivity index (χ2v) is 8.84. The Labute approximate surface area is 193 Å². The van der Waals surface area contributed by atoms with Crippen LogP contribution in [0, 0.1) is 6.92 Å². The fraction of sp³-hybridized carbons (Fsp3) is 0.222. The summed E-state index contributed by atoms with van der Waals surface area (Å²) in [6.07, 6.45) is 1.64. The number of halogens is 1. The Morgan fingerprint density at radius 3 is 2.69 bits per heavy atom. The zero-order valence-corrected chi connectivity index (χ0v) is 19.0. The highest BCUT2D eigenvalue weighted by atomic mass is 35.5. The van der Waals surface area contributed by atoms with E-state index < -0.39 is 0 Å². The van der Waals surface area contributed by atoms with Gasteiger partial charge in [-0.15, -0.1) is 0 Å². The van der Waals surface area contributed by atoms with Gasteiger partial charge in [-0.3, -0.25) is 0 Å². The lowest BCUT2D eigenvalue weighted by molar-refractivity contribution is 0.193. The minimum Gasteiger partial charge on any atom is -0.356 e. The van der Waals surface area contributed by atoms with E-state index in [0.29, 0.717) is 6.54 Å². The number of nitrogens with one attached hydrogen (secondary N) is 2. The van der Waals surface area contributed by atoms with Crippen molar-refractivity contribution in [3.8, 4) is 0 Å². The quantitative estimate of drug-likeness (QED) is 0.356. The number of fused-ring (bicyclic) bond motifs is 3. The van der Waals surface area contributed by atoms with Crippen LogP contribution in [0.15, 0.2) is 66.7 Å². The molecule has 1 aromatic heterocycles. The van der Waals surface area contributed by atoms with Crippen molar-refractivity contribution in [2.24, 2.45) is 0 Å². The second kappa shape index (κ2) is 8.36. The zero-order chi connectivity index (χ0) is 22.2. The van der Waals surface area contributed by atoms with E-state index in [2.05, 4.69) is 54.5 Å². The van der Waals surface area contributed by atoms with Gasteiger partial charge >= 0.3 is 6.03 Å². The highest BCUT2D eigenvalue weighted by molar-refractivity contribution is 6.31. The lowest BCUT2D eigenvalue weighted by Crippen LogP contribution is -2.43. The molecule has 0 saturated carbocycles. The molecule has 1 aliphatic rings. The molecule has 0 fully saturated rings.